The van der Waals surface area contributed by atoms with E-state index >= 15 is 0 Å². The molecule has 1 aliphatic heterocycles. The Hall–Kier alpha value is -1.80. The number of aromatic nitrogens is 4. The van der Waals surface area contributed by atoms with Crippen molar-refractivity contribution < 1.29 is 4.79 Å². The molecule has 7 nitrogen and oxygen atoms in total. The molecule has 0 aliphatic carbocycles. The monoisotopic (exact) mass is 278 g/mol. The summed E-state index contributed by atoms with van der Waals surface area (Å²) in [6.07, 6.45) is 3.78. The lowest BCUT2D eigenvalue weighted by Crippen LogP contribution is -2.37. The standard InChI is InChI=1S/C11H14N6OS/c18-11(13-6-8-2-1-4-12-8)10-9(3-5-19-10)17-7-14-15-16-17/h3,5,7-8,12H,1-2,4,6H2,(H,13,18). The Kier molecular flexibility index (Phi) is 3.51. The van der Waals surface area contributed by atoms with Gasteiger partial charge in [0.25, 0.3) is 5.91 Å². The third-order valence-electron chi connectivity index (χ3n) is 3.12. The van der Waals surface area contributed by atoms with E-state index in [1.165, 1.54) is 28.8 Å². The van der Waals surface area contributed by atoms with E-state index in [-0.39, 0.29) is 5.91 Å². The molecule has 0 spiro atoms. The van der Waals surface area contributed by atoms with Gasteiger partial charge in [0.15, 0.2) is 0 Å². The zero-order chi connectivity index (χ0) is 13.1. The average Bonchev–Trinajstić information content (AvgIpc) is 3.14. The van der Waals surface area contributed by atoms with Gasteiger partial charge in [-0.2, -0.15) is 4.68 Å². The SMILES string of the molecule is O=C(NCC1CCCN1)c1sccc1-n1cnnn1. The first-order valence-electron chi connectivity index (χ1n) is 6.17. The molecule has 2 N–H and O–H groups in total. The number of hydrogen-bond donors (Lipinski definition) is 2. The molecule has 1 aliphatic rings. The molecule has 3 heterocycles. The molecule has 8 heteroatoms. The van der Waals surface area contributed by atoms with Gasteiger partial charge in [-0.05, 0) is 41.3 Å². The summed E-state index contributed by atoms with van der Waals surface area (Å²) in [5.74, 6) is -0.0748. The van der Waals surface area contributed by atoms with Gasteiger partial charge in [-0.3, -0.25) is 4.79 Å². The van der Waals surface area contributed by atoms with Gasteiger partial charge in [-0.1, -0.05) is 0 Å². The van der Waals surface area contributed by atoms with Crippen molar-refractivity contribution in [2.24, 2.45) is 0 Å². The normalized spacial score (nSPS) is 18.6. The van der Waals surface area contributed by atoms with Crippen molar-refractivity contribution in [1.29, 1.82) is 0 Å². The van der Waals surface area contributed by atoms with Gasteiger partial charge in [0.1, 0.15) is 11.2 Å². The van der Waals surface area contributed by atoms with E-state index in [9.17, 15) is 4.79 Å². The fraction of sp³-hybridized carbons (Fsp3) is 0.455. The highest BCUT2D eigenvalue weighted by molar-refractivity contribution is 7.12. The van der Waals surface area contributed by atoms with Crippen LogP contribution >= 0.6 is 11.3 Å². The maximum Gasteiger partial charge on any atom is 0.263 e. The molecule has 1 fully saturated rings. The molecule has 1 unspecified atom stereocenters. The molecule has 1 amide bonds. The largest absolute Gasteiger partial charge is 0.350 e. The zero-order valence-corrected chi connectivity index (χ0v) is 11.1. The highest BCUT2D eigenvalue weighted by Crippen LogP contribution is 2.19. The van der Waals surface area contributed by atoms with Crippen LogP contribution in [0.1, 0.15) is 22.5 Å². The minimum absolute atomic E-state index is 0.0748. The molecular weight excluding hydrogens is 264 g/mol. The minimum atomic E-state index is -0.0748. The second kappa shape index (κ2) is 5.45. The van der Waals surface area contributed by atoms with E-state index in [0.29, 0.717) is 23.2 Å². The molecule has 1 saturated heterocycles. The van der Waals surface area contributed by atoms with E-state index in [1.54, 1.807) is 0 Å². The summed E-state index contributed by atoms with van der Waals surface area (Å²) in [6.45, 7) is 1.70. The van der Waals surface area contributed by atoms with Gasteiger partial charge in [0.05, 0.1) is 5.69 Å². The number of amides is 1. The Bertz CT molecular complexity index is 545. The van der Waals surface area contributed by atoms with E-state index < -0.39 is 0 Å². The van der Waals surface area contributed by atoms with Gasteiger partial charge in [0.2, 0.25) is 0 Å². The lowest BCUT2D eigenvalue weighted by atomic mass is 10.2. The van der Waals surface area contributed by atoms with E-state index in [1.807, 2.05) is 11.4 Å². The van der Waals surface area contributed by atoms with Crippen LogP contribution in [0.5, 0.6) is 0 Å². The average molecular weight is 278 g/mol. The Balaban J connectivity index is 1.68. The van der Waals surface area contributed by atoms with Crippen LogP contribution < -0.4 is 10.6 Å². The summed E-state index contributed by atoms with van der Waals surface area (Å²) >= 11 is 1.39. The maximum absolute atomic E-state index is 12.2. The van der Waals surface area contributed by atoms with Crippen LogP contribution in [0.2, 0.25) is 0 Å². The summed E-state index contributed by atoms with van der Waals surface area (Å²) in [5.41, 5.74) is 0.715. The molecule has 19 heavy (non-hydrogen) atoms. The number of thiophene rings is 1. The van der Waals surface area contributed by atoms with Crippen molar-refractivity contribution >= 4 is 17.2 Å². The summed E-state index contributed by atoms with van der Waals surface area (Å²) in [7, 11) is 0. The van der Waals surface area contributed by atoms with Gasteiger partial charge >= 0.3 is 0 Å². The second-order valence-electron chi connectivity index (χ2n) is 4.39. The quantitative estimate of drug-likeness (QED) is 0.835. The van der Waals surface area contributed by atoms with Crippen molar-refractivity contribution in [2.75, 3.05) is 13.1 Å². The number of nitrogens with one attached hydrogen (secondary N) is 2. The first-order valence-corrected chi connectivity index (χ1v) is 7.05. The Morgan fingerprint density at radius 2 is 2.58 bits per heavy atom. The summed E-state index contributed by atoms with van der Waals surface area (Å²) in [5, 5.41) is 19.1. The van der Waals surface area contributed by atoms with Crippen molar-refractivity contribution in [1.82, 2.24) is 30.8 Å². The zero-order valence-electron chi connectivity index (χ0n) is 10.2. The lowest BCUT2D eigenvalue weighted by Gasteiger charge is -2.11. The third-order valence-corrected chi connectivity index (χ3v) is 4.02. The molecule has 100 valence electrons. The van der Waals surface area contributed by atoms with E-state index in [0.717, 1.165) is 13.0 Å². The number of rotatable bonds is 4. The number of hydrogen-bond acceptors (Lipinski definition) is 6. The number of nitrogens with zero attached hydrogens (tertiary/aromatic N) is 4. The summed E-state index contributed by atoms with van der Waals surface area (Å²) in [6, 6.07) is 2.23. The van der Waals surface area contributed by atoms with Crippen molar-refractivity contribution in [3.8, 4) is 5.69 Å². The smallest absolute Gasteiger partial charge is 0.263 e. The highest BCUT2D eigenvalue weighted by atomic mass is 32.1. The molecule has 1 atom stereocenters. The van der Waals surface area contributed by atoms with Crippen LogP contribution in [0.15, 0.2) is 17.8 Å². The Morgan fingerprint density at radius 3 is 3.32 bits per heavy atom. The fourth-order valence-corrected chi connectivity index (χ4v) is 2.95. The predicted octanol–water partition coefficient (Wildman–Crippen LogP) is 0.206. The summed E-state index contributed by atoms with van der Waals surface area (Å²) in [4.78, 5) is 12.8. The summed E-state index contributed by atoms with van der Waals surface area (Å²) < 4.78 is 1.50. The predicted molar refractivity (Wildman–Crippen MR) is 70.4 cm³/mol. The number of carbonyl (C=O) groups excluding carboxylic acids is 1. The van der Waals surface area contributed by atoms with Gasteiger partial charge in [-0.25, -0.2) is 0 Å². The van der Waals surface area contributed by atoms with Crippen LogP contribution in [0.3, 0.4) is 0 Å². The molecule has 2 aromatic heterocycles. The molecule has 0 radical (unpaired) electrons. The van der Waals surface area contributed by atoms with Crippen LogP contribution in [0.25, 0.3) is 5.69 Å². The van der Waals surface area contributed by atoms with Crippen molar-refractivity contribution in [3.63, 3.8) is 0 Å². The van der Waals surface area contributed by atoms with Crippen molar-refractivity contribution in [3.05, 3.63) is 22.7 Å². The number of carbonyl (C=O) groups is 1. The minimum Gasteiger partial charge on any atom is -0.350 e. The third kappa shape index (κ3) is 2.64. The molecule has 0 saturated carbocycles. The van der Waals surface area contributed by atoms with Crippen LogP contribution in [0.4, 0.5) is 0 Å². The van der Waals surface area contributed by atoms with Crippen LogP contribution in [-0.4, -0.2) is 45.2 Å². The molecule has 2 aromatic rings. The molecule has 0 bridgehead atoms. The van der Waals surface area contributed by atoms with Crippen LogP contribution in [-0.2, 0) is 0 Å². The molecule has 3 rings (SSSR count). The van der Waals surface area contributed by atoms with Gasteiger partial charge in [0, 0.05) is 12.6 Å². The number of tetrazole rings is 1. The fourth-order valence-electron chi connectivity index (χ4n) is 2.15. The van der Waals surface area contributed by atoms with Crippen molar-refractivity contribution in [2.45, 2.75) is 18.9 Å². The first-order chi connectivity index (χ1) is 9.34. The topological polar surface area (TPSA) is 84.7 Å². The Labute approximate surface area is 114 Å². The molecule has 0 aromatic carbocycles. The van der Waals surface area contributed by atoms with E-state index in [2.05, 4.69) is 26.2 Å². The van der Waals surface area contributed by atoms with Crippen LogP contribution in [0, 0.1) is 0 Å². The van der Waals surface area contributed by atoms with Gasteiger partial charge < -0.3 is 10.6 Å². The Morgan fingerprint density at radius 1 is 1.63 bits per heavy atom. The lowest BCUT2D eigenvalue weighted by molar-refractivity contribution is 0.0954. The van der Waals surface area contributed by atoms with Gasteiger partial charge in [-0.15, -0.1) is 16.4 Å². The highest BCUT2D eigenvalue weighted by Gasteiger charge is 2.18. The maximum atomic E-state index is 12.2. The molecular formula is C11H14N6OS. The second-order valence-corrected chi connectivity index (χ2v) is 5.31. The first kappa shape index (κ1) is 12.2. The van der Waals surface area contributed by atoms with E-state index in [4.69, 9.17) is 0 Å².